The Labute approximate surface area is 173 Å². The number of nitrogens with zero attached hydrogens (tertiary/aromatic N) is 5. The normalized spacial score (nSPS) is 11.3. The molecular weight excluding hydrogens is 380 g/mol. The minimum atomic E-state index is -0.315. The van der Waals surface area contributed by atoms with Gasteiger partial charge in [-0.3, -0.25) is 4.79 Å². The Bertz CT molecular complexity index is 1160. The lowest BCUT2D eigenvalue weighted by molar-refractivity contribution is 0.316. The summed E-state index contributed by atoms with van der Waals surface area (Å²) < 4.78 is 0. The first-order valence-corrected chi connectivity index (χ1v) is 10.0. The highest BCUT2D eigenvalue weighted by Gasteiger charge is 2.13. The van der Waals surface area contributed by atoms with Crippen LogP contribution in [0.25, 0.3) is 33.8 Å². The van der Waals surface area contributed by atoms with E-state index in [9.17, 15) is 4.79 Å². The first-order chi connectivity index (χ1) is 14.7. The first-order valence-electron chi connectivity index (χ1n) is 10.0. The molecule has 0 atom stereocenters. The van der Waals surface area contributed by atoms with Crippen LogP contribution in [0.4, 0.5) is 5.95 Å². The van der Waals surface area contributed by atoms with Crippen LogP contribution in [0.3, 0.4) is 0 Å². The molecule has 4 aromatic rings. The van der Waals surface area contributed by atoms with Crippen LogP contribution >= 0.6 is 0 Å². The van der Waals surface area contributed by atoms with Crippen molar-refractivity contribution in [3.05, 3.63) is 52.9 Å². The van der Waals surface area contributed by atoms with Gasteiger partial charge in [0.25, 0.3) is 5.56 Å². The van der Waals surface area contributed by atoms with Crippen LogP contribution in [0.15, 0.2) is 47.4 Å². The Morgan fingerprint density at radius 2 is 1.90 bits per heavy atom. The fourth-order valence-electron chi connectivity index (χ4n) is 3.25. The molecule has 154 valence electrons. The highest BCUT2D eigenvalue weighted by molar-refractivity contribution is 5.79. The molecule has 0 amide bonds. The second-order valence-electron chi connectivity index (χ2n) is 6.82. The second kappa shape index (κ2) is 8.83. The lowest BCUT2D eigenvalue weighted by Gasteiger charge is -2.17. The summed E-state index contributed by atoms with van der Waals surface area (Å²) in [6.45, 7) is 7.95. The Hall–Kier alpha value is -3.59. The molecular formula is C21H24N8O. The molecule has 0 spiro atoms. The van der Waals surface area contributed by atoms with Crippen LogP contribution < -0.4 is 10.9 Å². The fraction of sp³-hybridized carbons (Fsp3) is 0.286. The smallest absolute Gasteiger partial charge is 0.275 e. The maximum Gasteiger partial charge on any atom is 0.275 e. The largest absolute Gasteiger partial charge is 0.353 e. The monoisotopic (exact) mass is 404 g/mol. The third-order valence-electron chi connectivity index (χ3n) is 4.97. The van der Waals surface area contributed by atoms with Gasteiger partial charge >= 0.3 is 0 Å². The SMILES string of the molecule is CCN(CC)CCNc1nccc(-c2cc(-c3nc4ccccc4[nH]3)c(=O)[nH]n2)n1. The third-order valence-corrected chi connectivity index (χ3v) is 4.97. The number of aromatic amines is 2. The van der Waals surface area contributed by atoms with E-state index in [1.165, 1.54) is 0 Å². The Balaban J connectivity index is 1.59. The molecule has 0 unspecified atom stereocenters. The number of hydrogen-bond acceptors (Lipinski definition) is 7. The summed E-state index contributed by atoms with van der Waals surface area (Å²) in [4.78, 5) is 31.2. The number of anilines is 1. The highest BCUT2D eigenvalue weighted by atomic mass is 16.1. The van der Waals surface area contributed by atoms with Crippen molar-refractivity contribution in [2.24, 2.45) is 0 Å². The van der Waals surface area contributed by atoms with Gasteiger partial charge in [0.15, 0.2) is 0 Å². The Kier molecular flexibility index (Phi) is 5.80. The fourth-order valence-corrected chi connectivity index (χ4v) is 3.25. The molecule has 9 nitrogen and oxygen atoms in total. The van der Waals surface area contributed by atoms with E-state index in [1.54, 1.807) is 18.3 Å². The summed E-state index contributed by atoms with van der Waals surface area (Å²) in [5.41, 5.74) is 2.91. The summed E-state index contributed by atoms with van der Waals surface area (Å²) in [7, 11) is 0. The van der Waals surface area contributed by atoms with E-state index in [0.717, 1.165) is 37.2 Å². The number of rotatable bonds is 8. The molecule has 0 aliphatic rings. The van der Waals surface area contributed by atoms with Crippen LogP contribution in [0.2, 0.25) is 0 Å². The molecule has 9 heteroatoms. The van der Waals surface area contributed by atoms with Gasteiger partial charge in [0.05, 0.1) is 22.3 Å². The van der Waals surface area contributed by atoms with Gasteiger partial charge < -0.3 is 15.2 Å². The van der Waals surface area contributed by atoms with Crippen molar-refractivity contribution in [2.75, 3.05) is 31.5 Å². The number of para-hydroxylation sites is 2. The zero-order chi connectivity index (χ0) is 20.9. The van der Waals surface area contributed by atoms with E-state index in [0.29, 0.717) is 28.7 Å². The predicted octanol–water partition coefficient (Wildman–Crippen LogP) is 2.52. The van der Waals surface area contributed by atoms with Crippen LogP contribution in [-0.4, -0.2) is 61.2 Å². The molecule has 3 N–H and O–H groups in total. The van der Waals surface area contributed by atoms with Crippen LogP contribution in [0.5, 0.6) is 0 Å². The van der Waals surface area contributed by atoms with Gasteiger partial charge in [-0.1, -0.05) is 26.0 Å². The van der Waals surface area contributed by atoms with Crippen molar-refractivity contribution < 1.29 is 0 Å². The van der Waals surface area contributed by atoms with Crippen molar-refractivity contribution in [1.82, 2.24) is 35.0 Å². The van der Waals surface area contributed by atoms with Crippen molar-refractivity contribution >= 4 is 17.0 Å². The van der Waals surface area contributed by atoms with Gasteiger partial charge in [-0.2, -0.15) is 5.10 Å². The quantitative estimate of drug-likeness (QED) is 0.413. The van der Waals surface area contributed by atoms with Gasteiger partial charge in [0.2, 0.25) is 5.95 Å². The van der Waals surface area contributed by atoms with Gasteiger partial charge in [-0.15, -0.1) is 0 Å². The second-order valence-corrected chi connectivity index (χ2v) is 6.82. The molecule has 0 fully saturated rings. The number of benzene rings is 1. The summed E-state index contributed by atoms with van der Waals surface area (Å²) in [5.74, 6) is 1.02. The van der Waals surface area contributed by atoms with Crippen LogP contribution in [0.1, 0.15) is 13.8 Å². The van der Waals surface area contributed by atoms with Crippen molar-refractivity contribution in [1.29, 1.82) is 0 Å². The number of H-pyrrole nitrogens is 2. The molecule has 0 saturated heterocycles. The van der Waals surface area contributed by atoms with E-state index < -0.39 is 0 Å². The molecule has 0 saturated carbocycles. The highest BCUT2D eigenvalue weighted by Crippen LogP contribution is 2.21. The standard InChI is InChI=1S/C21H24N8O/c1-3-29(4-2)12-11-23-21-22-10-9-17(26-21)18-13-14(20(30)28-27-18)19-24-15-7-5-6-8-16(15)25-19/h5-10,13H,3-4,11-12H2,1-2H3,(H,24,25)(H,28,30)(H,22,23,26). The molecule has 0 bridgehead atoms. The van der Waals surface area contributed by atoms with E-state index in [4.69, 9.17) is 0 Å². The van der Waals surface area contributed by atoms with Crippen LogP contribution in [0, 0.1) is 0 Å². The molecule has 3 aromatic heterocycles. The lowest BCUT2D eigenvalue weighted by Crippen LogP contribution is -2.28. The van der Waals surface area contributed by atoms with Gasteiger partial charge in [0.1, 0.15) is 11.5 Å². The Morgan fingerprint density at radius 3 is 2.70 bits per heavy atom. The number of likely N-dealkylation sites (N-methyl/N-ethyl adjacent to an activating group) is 1. The van der Waals surface area contributed by atoms with Crippen molar-refractivity contribution in [2.45, 2.75) is 13.8 Å². The van der Waals surface area contributed by atoms with Crippen LogP contribution in [-0.2, 0) is 0 Å². The van der Waals surface area contributed by atoms with Crippen molar-refractivity contribution in [3.63, 3.8) is 0 Å². The summed E-state index contributed by atoms with van der Waals surface area (Å²) in [6.07, 6.45) is 1.68. The molecule has 3 heterocycles. The maximum absolute atomic E-state index is 12.4. The molecule has 0 radical (unpaired) electrons. The summed E-state index contributed by atoms with van der Waals surface area (Å²) >= 11 is 0. The van der Waals surface area contributed by atoms with Gasteiger partial charge in [-0.05, 0) is 37.4 Å². The van der Waals surface area contributed by atoms with Crippen molar-refractivity contribution in [3.8, 4) is 22.8 Å². The molecule has 4 rings (SSSR count). The van der Waals surface area contributed by atoms with E-state index in [2.05, 4.69) is 54.2 Å². The molecule has 0 aliphatic carbocycles. The molecule has 30 heavy (non-hydrogen) atoms. The maximum atomic E-state index is 12.4. The van der Waals surface area contributed by atoms with Gasteiger partial charge in [0, 0.05) is 19.3 Å². The number of imidazole rings is 1. The first kappa shape index (κ1) is 19.7. The number of fused-ring (bicyclic) bond motifs is 1. The number of nitrogens with one attached hydrogen (secondary N) is 3. The van der Waals surface area contributed by atoms with Gasteiger partial charge in [-0.25, -0.2) is 20.1 Å². The van der Waals surface area contributed by atoms with E-state index in [1.807, 2.05) is 24.3 Å². The topological polar surface area (TPSA) is 115 Å². The summed E-state index contributed by atoms with van der Waals surface area (Å²) in [6, 6.07) is 11.1. The predicted molar refractivity (Wildman–Crippen MR) is 117 cm³/mol. The number of hydrogen-bond donors (Lipinski definition) is 3. The Morgan fingerprint density at radius 1 is 1.07 bits per heavy atom. The average molecular weight is 404 g/mol. The third kappa shape index (κ3) is 4.20. The average Bonchev–Trinajstić information content (AvgIpc) is 3.21. The lowest BCUT2D eigenvalue weighted by atomic mass is 10.2. The minimum Gasteiger partial charge on any atom is -0.353 e. The molecule has 0 aliphatic heterocycles. The summed E-state index contributed by atoms with van der Waals surface area (Å²) in [5, 5.41) is 9.96. The number of aromatic nitrogens is 6. The van der Waals surface area contributed by atoms with E-state index >= 15 is 0 Å². The minimum absolute atomic E-state index is 0.315. The van der Waals surface area contributed by atoms with E-state index in [-0.39, 0.29) is 5.56 Å². The zero-order valence-corrected chi connectivity index (χ0v) is 17.0. The zero-order valence-electron chi connectivity index (χ0n) is 17.0. The molecule has 1 aromatic carbocycles.